The first-order valence-corrected chi connectivity index (χ1v) is 9.19. The van der Waals surface area contributed by atoms with Crippen LogP contribution >= 0.6 is 0 Å². The molecule has 0 aliphatic heterocycles. The Morgan fingerprint density at radius 2 is 1.57 bits per heavy atom. The average Bonchev–Trinajstić information content (AvgIpc) is 2.66. The van der Waals surface area contributed by atoms with Crippen LogP contribution in [-0.4, -0.2) is 31.7 Å². The van der Waals surface area contributed by atoms with E-state index in [-0.39, 0.29) is 31.0 Å². The van der Waals surface area contributed by atoms with E-state index in [1.165, 1.54) is 0 Å². The first-order chi connectivity index (χ1) is 13.4. The minimum Gasteiger partial charge on any atom is -0.497 e. The molecule has 0 bridgehead atoms. The van der Waals surface area contributed by atoms with Gasteiger partial charge in [0.2, 0.25) is 0 Å². The van der Waals surface area contributed by atoms with Crippen molar-refractivity contribution in [1.29, 1.82) is 0 Å². The zero-order chi connectivity index (χ0) is 20.5. The Labute approximate surface area is 165 Å². The van der Waals surface area contributed by atoms with Crippen molar-refractivity contribution in [3.05, 3.63) is 59.7 Å². The number of benzene rings is 2. The van der Waals surface area contributed by atoms with Gasteiger partial charge >= 0.3 is 5.97 Å². The zero-order valence-electron chi connectivity index (χ0n) is 16.7. The van der Waals surface area contributed by atoms with Crippen LogP contribution in [0.2, 0.25) is 0 Å². The van der Waals surface area contributed by atoms with Crippen molar-refractivity contribution >= 4 is 11.9 Å². The standard InChI is InChI=1S/C22H27NO5/c1-15(2)28-22(25)13-20(17-7-5-16(3)6-8-17)23-21(24)14-27-19-11-9-18(26-4)10-12-19/h5-12,15,20H,13-14H2,1-4H3,(H,23,24). The second kappa shape index (κ2) is 10.3. The lowest BCUT2D eigenvalue weighted by molar-refractivity contribution is -0.148. The van der Waals surface area contributed by atoms with Crippen molar-refractivity contribution in [1.82, 2.24) is 5.32 Å². The lowest BCUT2D eigenvalue weighted by Gasteiger charge is -2.20. The molecule has 1 amide bonds. The van der Waals surface area contributed by atoms with Crippen molar-refractivity contribution < 1.29 is 23.8 Å². The summed E-state index contributed by atoms with van der Waals surface area (Å²) in [6, 6.07) is 14.1. The second-order valence-corrected chi connectivity index (χ2v) is 6.74. The summed E-state index contributed by atoms with van der Waals surface area (Å²) in [4.78, 5) is 24.5. The van der Waals surface area contributed by atoms with Gasteiger partial charge in [-0.05, 0) is 50.6 Å². The molecule has 6 heteroatoms. The van der Waals surface area contributed by atoms with Crippen molar-refractivity contribution in [2.45, 2.75) is 39.3 Å². The Kier molecular flexibility index (Phi) is 7.87. The maximum atomic E-state index is 12.4. The predicted octanol–water partition coefficient (Wildman–Crippen LogP) is 3.58. The van der Waals surface area contributed by atoms with Gasteiger partial charge in [-0.2, -0.15) is 0 Å². The number of hydrogen-bond donors (Lipinski definition) is 1. The molecule has 0 saturated carbocycles. The third kappa shape index (κ3) is 6.95. The van der Waals surface area contributed by atoms with E-state index < -0.39 is 6.04 Å². The molecule has 6 nitrogen and oxygen atoms in total. The van der Waals surface area contributed by atoms with Gasteiger partial charge < -0.3 is 19.5 Å². The van der Waals surface area contributed by atoms with Gasteiger partial charge in [-0.3, -0.25) is 9.59 Å². The molecule has 0 fully saturated rings. The van der Waals surface area contributed by atoms with E-state index in [1.807, 2.05) is 31.2 Å². The Morgan fingerprint density at radius 3 is 2.14 bits per heavy atom. The van der Waals surface area contributed by atoms with E-state index in [0.717, 1.165) is 11.1 Å². The fourth-order valence-corrected chi connectivity index (χ4v) is 2.59. The maximum absolute atomic E-state index is 12.4. The Balaban J connectivity index is 2.00. The summed E-state index contributed by atoms with van der Waals surface area (Å²) in [6.07, 6.45) is -0.157. The number of amides is 1. The molecule has 2 rings (SSSR count). The predicted molar refractivity (Wildman–Crippen MR) is 106 cm³/mol. The highest BCUT2D eigenvalue weighted by Gasteiger charge is 2.20. The lowest BCUT2D eigenvalue weighted by atomic mass is 10.0. The Morgan fingerprint density at radius 1 is 0.964 bits per heavy atom. The van der Waals surface area contributed by atoms with E-state index in [1.54, 1.807) is 45.2 Å². The highest BCUT2D eigenvalue weighted by Crippen LogP contribution is 2.20. The number of rotatable bonds is 9. The van der Waals surface area contributed by atoms with Crippen LogP contribution in [0.4, 0.5) is 0 Å². The quantitative estimate of drug-likeness (QED) is 0.668. The number of methoxy groups -OCH3 is 1. The normalized spacial score (nSPS) is 11.6. The lowest BCUT2D eigenvalue weighted by Crippen LogP contribution is -2.34. The Hall–Kier alpha value is -3.02. The van der Waals surface area contributed by atoms with Gasteiger partial charge in [0.25, 0.3) is 5.91 Å². The van der Waals surface area contributed by atoms with Gasteiger partial charge in [-0.1, -0.05) is 29.8 Å². The third-order valence-corrected chi connectivity index (χ3v) is 3.98. The van der Waals surface area contributed by atoms with Gasteiger partial charge in [0.05, 0.1) is 25.7 Å². The van der Waals surface area contributed by atoms with Crippen molar-refractivity contribution in [2.75, 3.05) is 13.7 Å². The highest BCUT2D eigenvalue weighted by molar-refractivity contribution is 5.79. The molecule has 1 N–H and O–H groups in total. The van der Waals surface area contributed by atoms with Crippen LogP contribution in [0.25, 0.3) is 0 Å². The van der Waals surface area contributed by atoms with E-state index in [9.17, 15) is 9.59 Å². The highest BCUT2D eigenvalue weighted by atomic mass is 16.5. The summed E-state index contributed by atoms with van der Waals surface area (Å²) in [7, 11) is 1.58. The molecule has 0 aliphatic carbocycles. The van der Waals surface area contributed by atoms with Gasteiger partial charge in [0, 0.05) is 0 Å². The fourth-order valence-electron chi connectivity index (χ4n) is 2.59. The van der Waals surface area contributed by atoms with Crippen LogP contribution in [0, 0.1) is 6.92 Å². The van der Waals surface area contributed by atoms with Crippen LogP contribution in [0.1, 0.15) is 37.4 Å². The van der Waals surface area contributed by atoms with Crippen LogP contribution in [-0.2, 0) is 14.3 Å². The molecular formula is C22H27NO5. The number of carbonyl (C=O) groups excluding carboxylic acids is 2. The molecule has 2 aromatic rings. The molecule has 1 unspecified atom stereocenters. The first kappa shape index (κ1) is 21.3. The molecule has 0 aromatic heterocycles. The number of nitrogens with one attached hydrogen (secondary N) is 1. The van der Waals surface area contributed by atoms with Gasteiger partial charge in [0.15, 0.2) is 6.61 Å². The van der Waals surface area contributed by atoms with E-state index >= 15 is 0 Å². The topological polar surface area (TPSA) is 73.9 Å². The minimum absolute atomic E-state index is 0.0511. The number of esters is 1. The SMILES string of the molecule is COc1ccc(OCC(=O)NC(CC(=O)OC(C)C)c2ccc(C)cc2)cc1. The number of ether oxygens (including phenoxy) is 3. The largest absolute Gasteiger partial charge is 0.497 e. The van der Waals surface area contributed by atoms with Crippen molar-refractivity contribution in [3.8, 4) is 11.5 Å². The van der Waals surface area contributed by atoms with Gasteiger partial charge in [-0.15, -0.1) is 0 Å². The van der Waals surface area contributed by atoms with E-state index in [2.05, 4.69) is 5.32 Å². The zero-order valence-corrected chi connectivity index (χ0v) is 16.7. The molecule has 0 spiro atoms. The summed E-state index contributed by atoms with van der Waals surface area (Å²) in [5.74, 6) is 0.581. The summed E-state index contributed by atoms with van der Waals surface area (Å²) in [6.45, 7) is 5.40. The first-order valence-electron chi connectivity index (χ1n) is 9.19. The monoisotopic (exact) mass is 385 g/mol. The molecule has 28 heavy (non-hydrogen) atoms. The van der Waals surface area contributed by atoms with Gasteiger partial charge in [-0.25, -0.2) is 0 Å². The number of carbonyl (C=O) groups is 2. The summed E-state index contributed by atoms with van der Waals surface area (Å²) >= 11 is 0. The summed E-state index contributed by atoms with van der Waals surface area (Å²) in [5, 5.41) is 2.86. The molecule has 0 heterocycles. The number of aryl methyl sites for hydroxylation is 1. The van der Waals surface area contributed by atoms with Crippen LogP contribution in [0.15, 0.2) is 48.5 Å². The fraction of sp³-hybridized carbons (Fsp3) is 0.364. The third-order valence-electron chi connectivity index (χ3n) is 3.98. The molecule has 0 radical (unpaired) electrons. The number of hydrogen-bond acceptors (Lipinski definition) is 5. The molecule has 150 valence electrons. The second-order valence-electron chi connectivity index (χ2n) is 6.74. The molecule has 1 atom stereocenters. The molecular weight excluding hydrogens is 358 g/mol. The van der Waals surface area contributed by atoms with Crippen molar-refractivity contribution in [3.63, 3.8) is 0 Å². The van der Waals surface area contributed by atoms with Crippen LogP contribution in [0.3, 0.4) is 0 Å². The van der Waals surface area contributed by atoms with Crippen LogP contribution in [0.5, 0.6) is 11.5 Å². The minimum atomic E-state index is -0.487. The smallest absolute Gasteiger partial charge is 0.308 e. The van der Waals surface area contributed by atoms with Crippen molar-refractivity contribution in [2.24, 2.45) is 0 Å². The Bertz CT molecular complexity index is 769. The molecule has 0 saturated heterocycles. The van der Waals surface area contributed by atoms with E-state index in [0.29, 0.717) is 11.5 Å². The maximum Gasteiger partial charge on any atom is 0.308 e. The van der Waals surface area contributed by atoms with Gasteiger partial charge in [0.1, 0.15) is 11.5 Å². The summed E-state index contributed by atoms with van der Waals surface area (Å²) < 4.78 is 15.8. The average molecular weight is 385 g/mol. The summed E-state index contributed by atoms with van der Waals surface area (Å²) in [5.41, 5.74) is 1.94. The molecule has 0 aliphatic rings. The molecule has 2 aromatic carbocycles. The van der Waals surface area contributed by atoms with E-state index in [4.69, 9.17) is 14.2 Å². The van der Waals surface area contributed by atoms with Crippen LogP contribution < -0.4 is 14.8 Å².